The maximum Gasteiger partial charge on any atom is 0.316 e. The third-order valence-corrected chi connectivity index (χ3v) is 5.48. The van der Waals surface area contributed by atoms with E-state index >= 15 is 0 Å². The summed E-state index contributed by atoms with van der Waals surface area (Å²) in [6.45, 7) is 8.21. The number of carbonyl (C=O) groups is 1. The molecule has 3 rings (SSSR count). The van der Waals surface area contributed by atoms with Gasteiger partial charge in [-0.05, 0) is 44.1 Å². The van der Waals surface area contributed by atoms with Gasteiger partial charge in [-0.1, -0.05) is 13.8 Å². The van der Waals surface area contributed by atoms with Gasteiger partial charge in [-0.15, -0.1) is 0 Å². The van der Waals surface area contributed by atoms with E-state index in [-0.39, 0.29) is 22.6 Å². The van der Waals surface area contributed by atoms with Gasteiger partial charge in [0.05, 0.1) is 16.9 Å². The van der Waals surface area contributed by atoms with Crippen LogP contribution in [-0.4, -0.2) is 48.3 Å². The van der Waals surface area contributed by atoms with Crippen molar-refractivity contribution >= 4 is 17.5 Å². The Balaban J connectivity index is 1.97. The lowest BCUT2D eigenvalue weighted by Crippen LogP contribution is -2.42. The van der Waals surface area contributed by atoms with E-state index in [9.17, 15) is 14.9 Å². The fourth-order valence-electron chi connectivity index (χ4n) is 3.87. The molecule has 0 unspecified atom stereocenters. The molecule has 2 fully saturated rings. The highest BCUT2D eigenvalue weighted by molar-refractivity contribution is 5.87. The van der Waals surface area contributed by atoms with Gasteiger partial charge in [-0.3, -0.25) is 14.9 Å². The van der Waals surface area contributed by atoms with Gasteiger partial charge in [-0.2, -0.15) is 0 Å². The average Bonchev–Trinajstić information content (AvgIpc) is 3.48. The third kappa shape index (κ3) is 4.11. The number of carbonyl (C=O) groups excluding carboxylic acids is 1. The minimum atomic E-state index is -0.770. The minimum Gasteiger partial charge on any atom is -0.465 e. The molecule has 2 heterocycles. The molecule has 2 aliphatic rings. The molecular weight excluding hydrogens is 362 g/mol. The molecule has 0 bridgehead atoms. The summed E-state index contributed by atoms with van der Waals surface area (Å²) in [6.07, 6.45) is 4.54. The summed E-state index contributed by atoms with van der Waals surface area (Å²) < 4.78 is 10.6. The van der Waals surface area contributed by atoms with Crippen molar-refractivity contribution < 1.29 is 19.2 Å². The van der Waals surface area contributed by atoms with Crippen LogP contribution in [0.4, 0.5) is 11.5 Å². The first-order valence-electron chi connectivity index (χ1n) is 10.1. The van der Waals surface area contributed by atoms with Gasteiger partial charge in [0.25, 0.3) is 0 Å². The van der Waals surface area contributed by atoms with Crippen LogP contribution in [0.3, 0.4) is 0 Å². The number of ether oxygens (including phenoxy) is 2. The highest BCUT2D eigenvalue weighted by Gasteiger charge is 2.53. The van der Waals surface area contributed by atoms with E-state index in [1.54, 1.807) is 13.1 Å². The Morgan fingerprint density at radius 2 is 2.11 bits per heavy atom. The van der Waals surface area contributed by atoms with Gasteiger partial charge in [0, 0.05) is 38.1 Å². The molecule has 1 aromatic heterocycles. The van der Waals surface area contributed by atoms with Crippen molar-refractivity contribution in [2.45, 2.75) is 57.9 Å². The Labute approximate surface area is 165 Å². The van der Waals surface area contributed by atoms with Gasteiger partial charge in [0.15, 0.2) is 0 Å². The molecule has 8 nitrogen and oxygen atoms in total. The zero-order valence-corrected chi connectivity index (χ0v) is 16.8. The Hall–Kier alpha value is -2.22. The second-order valence-corrected chi connectivity index (χ2v) is 8.02. The van der Waals surface area contributed by atoms with Crippen LogP contribution < -0.4 is 4.90 Å². The minimum absolute atomic E-state index is 0.0415. The molecule has 1 aromatic rings. The molecule has 8 heteroatoms. The maximum absolute atomic E-state index is 12.4. The lowest BCUT2D eigenvalue weighted by Gasteiger charge is -2.36. The number of rotatable bonds is 8. The van der Waals surface area contributed by atoms with Crippen LogP contribution in [0.5, 0.6) is 0 Å². The van der Waals surface area contributed by atoms with E-state index in [1.165, 1.54) is 6.07 Å². The van der Waals surface area contributed by atoms with Crippen LogP contribution >= 0.6 is 0 Å². The normalized spacial score (nSPS) is 18.7. The van der Waals surface area contributed by atoms with E-state index in [1.807, 2.05) is 0 Å². The van der Waals surface area contributed by atoms with E-state index in [2.05, 4.69) is 23.7 Å². The lowest BCUT2D eigenvalue weighted by atomic mass is 9.97. The SMILES string of the molecule is CCOC(=O)C1(c2cnc(N(CC(C)C)C3CCOCC3)c([N+](=O)[O-])c2)CC1. The predicted molar refractivity (Wildman–Crippen MR) is 104 cm³/mol. The standard InChI is InChI=1S/C20H29N3O5/c1-4-28-19(24)20(7-8-20)15-11-17(23(25)26)18(21-12-15)22(13-14(2)3)16-5-9-27-10-6-16/h11-12,14,16H,4-10,13H2,1-3H3. The van der Waals surface area contributed by atoms with Gasteiger partial charge >= 0.3 is 11.7 Å². The number of hydrogen-bond acceptors (Lipinski definition) is 7. The Morgan fingerprint density at radius 3 is 2.64 bits per heavy atom. The number of hydrogen-bond donors (Lipinski definition) is 0. The summed E-state index contributed by atoms with van der Waals surface area (Å²) in [6, 6.07) is 1.69. The molecule has 0 atom stereocenters. The van der Waals surface area contributed by atoms with Gasteiger partial charge in [0.2, 0.25) is 5.82 Å². The molecule has 1 saturated carbocycles. The molecular formula is C20H29N3O5. The number of nitrogens with zero attached hydrogens (tertiary/aromatic N) is 3. The van der Waals surface area contributed by atoms with E-state index < -0.39 is 5.41 Å². The van der Waals surface area contributed by atoms with E-state index in [4.69, 9.17) is 9.47 Å². The average molecular weight is 391 g/mol. The van der Waals surface area contributed by atoms with Gasteiger partial charge in [0.1, 0.15) is 0 Å². The van der Waals surface area contributed by atoms with E-state index in [0.717, 1.165) is 12.8 Å². The van der Waals surface area contributed by atoms with Gasteiger partial charge in [-0.25, -0.2) is 4.98 Å². The molecule has 0 spiro atoms. The highest BCUT2D eigenvalue weighted by atomic mass is 16.6. The van der Waals surface area contributed by atoms with Crippen LogP contribution in [0.2, 0.25) is 0 Å². The van der Waals surface area contributed by atoms with E-state index in [0.29, 0.717) is 56.5 Å². The second-order valence-electron chi connectivity index (χ2n) is 8.02. The molecule has 154 valence electrons. The summed E-state index contributed by atoms with van der Waals surface area (Å²) in [5.41, 5.74) is -0.230. The smallest absolute Gasteiger partial charge is 0.316 e. The fraction of sp³-hybridized carbons (Fsp3) is 0.700. The van der Waals surface area contributed by atoms with Crippen LogP contribution in [-0.2, 0) is 19.7 Å². The molecule has 0 radical (unpaired) electrons. The quantitative estimate of drug-likeness (QED) is 0.381. The van der Waals surface area contributed by atoms with Gasteiger partial charge < -0.3 is 14.4 Å². The monoisotopic (exact) mass is 391 g/mol. The van der Waals surface area contributed by atoms with Crippen molar-refractivity contribution in [3.8, 4) is 0 Å². The first kappa shape index (κ1) is 20.5. The van der Waals surface area contributed by atoms with Crippen molar-refractivity contribution in [1.82, 2.24) is 4.98 Å². The Kier molecular flexibility index (Phi) is 6.17. The number of pyridine rings is 1. The Morgan fingerprint density at radius 1 is 1.43 bits per heavy atom. The van der Waals surface area contributed by atoms with Crippen molar-refractivity contribution in [2.75, 3.05) is 31.3 Å². The summed E-state index contributed by atoms with van der Waals surface area (Å²) in [5.74, 6) is 0.398. The van der Waals surface area contributed by atoms with Crippen molar-refractivity contribution in [3.05, 3.63) is 27.9 Å². The highest BCUT2D eigenvalue weighted by Crippen LogP contribution is 2.50. The zero-order valence-electron chi connectivity index (χ0n) is 16.8. The molecule has 0 aromatic carbocycles. The number of nitro groups is 1. The third-order valence-electron chi connectivity index (χ3n) is 5.48. The van der Waals surface area contributed by atoms with Crippen LogP contribution in [0.15, 0.2) is 12.3 Å². The van der Waals surface area contributed by atoms with Crippen molar-refractivity contribution in [2.24, 2.45) is 5.92 Å². The molecule has 28 heavy (non-hydrogen) atoms. The zero-order chi connectivity index (χ0) is 20.3. The summed E-state index contributed by atoms with van der Waals surface area (Å²) in [5, 5.41) is 11.9. The summed E-state index contributed by atoms with van der Waals surface area (Å²) in [4.78, 5) is 30.4. The number of aromatic nitrogens is 1. The topological polar surface area (TPSA) is 94.8 Å². The first-order valence-corrected chi connectivity index (χ1v) is 10.1. The lowest BCUT2D eigenvalue weighted by molar-refractivity contribution is -0.384. The van der Waals surface area contributed by atoms with Crippen LogP contribution in [0, 0.1) is 16.0 Å². The summed E-state index contributed by atoms with van der Waals surface area (Å²) >= 11 is 0. The fourth-order valence-corrected chi connectivity index (χ4v) is 3.87. The molecule has 0 amide bonds. The number of esters is 1. The van der Waals surface area contributed by atoms with Crippen LogP contribution in [0.25, 0.3) is 0 Å². The van der Waals surface area contributed by atoms with Crippen LogP contribution in [0.1, 0.15) is 52.0 Å². The second kappa shape index (κ2) is 8.43. The van der Waals surface area contributed by atoms with Crippen molar-refractivity contribution in [1.29, 1.82) is 0 Å². The molecule has 1 aliphatic carbocycles. The largest absolute Gasteiger partial charge is 0.465 e. The molecule has 1 saturated heterocycles. The van der Waals surface area contributed by atoms with Crippen molar-refractivity contribution in [3.63, 3.8) is 0 Å². The molecule has 1 aliphatic heterocycles. The number of anilines is 1. The first-order chi connectivity index (χ1) is 13.4. The predicted octanol–water partition coefficient (Wildman–Crippen LogP) is 3.23. The maximum atomic E-state index is 12.4. The summed E-state index contributed by atoms with van der Waals surface area (Å²) in [7, 11) is 0. The molecule has 0 N–H and O–H groups in total. The Bertz CT molecular complexity index is 727.